The van der Waals surface area contributed by atoms with Gasteiger partial charge < -0.3 is 5.32 Å². The van der Waals surface area contributed by atoms with Gasteiger partial charge in [-0.25, -0.2) is 0 Å². The summed E-state index contributed by atoms with van der Waals surface area (Å²) < 4.78 is 37.3. The van der Waals surface area contributed by atoms with Crippen LogP contribution in [-0.4, -0.2) is 12.7 Å². The fourth-order valence-corrected chi connectivity index (χ4v) is 2.11. The van der Waals surface area contributed by atoms with Crippen molar-refractivity contribution < 1.29 is 13.2 Å². The Balaban J connectivity index is 0.00000144. The van der Waals surface area contributed by atoms with Gasteiger partial charge in [0.15, 0.2) is 0 Å². The molecule has 1 saturated heterocycles. The molecule has 0 amide bonds. The van der Waals surface area contributed by atoms with Gasteiger partial charge in [0.2, 0.25) is 0 Å². The molecule has 1 aliphatic heterocycles. The van der Waals surface area contributed by atoms with E-state index in [2.05, 4.69) is 5.32 Å². The van der Waals surface area contributed by atoms with Crippen molar-refractivity contribution in [1.82, 2.24) is 5.32 Å². The minimum atomic E-state index is -4.06. The summed E-state index contributed by atoms with van der Waals surface area (Å²) in [4.78, 5) is 0. The molecule has 1 aromatic rings. The molecule has 0 saturated carbocycles. The molecule has 1 aromatic carbocycles. The summed E-state index contributed by atoms with van der Waals surface area (Å²) >= 11 is 0. The van der Waals surface area contributed by atoms with Crippen molar-refractivity contribution in [3.63, 3.8) is 0 Å². The fourth-order valence-electron chi connectivity index (χ4n) is 2.11. The summed E-state index contributed by atoms with van der Waals surface area (Å²) in [5.41, 5.74) is 1.07. The third-order valence-electron chi connectivity index (χ3n) is 3.08. The molecule has 1 aliphatic rings. The molecule has 0 unspecified atom stereocenters. The summed E-state index contributed by atoms with van der Waals surface area (Å²) in [6.07, 6.45) is -3.29. The number of alkyl halides is 3. The van der Waals surface area contributed by atoms with Gasteiger partial charge in [-0.05, 0) is 18.4 Å². The lowest BCUT2D eigenvalue weighted by atomic mass is 9.91. The molecule has 0 bridgehead atoms. The van der Waals surface area contributed by atoms with Crippen molar-refractivity contribution in [2.24, 2.45) is 5.92 Å². The Hall–Kier alpha value is -0.740. The maximum atomic E-state index is 12.4. The van der Waals surface area contributed by atoms with Crippen LogP contribution in [-0.2, 0) is 0 Å². The van der Waals surface area contributed by atoms with Crippen molar-refractivity contribution in [2.75, 3.05) is 6.54 Å². The summed E-state index contributed by atoms with van der Waals surface area (Å²) in [5, 5.41) is 2.97. The minimum Gasteiger partial charge on any atom is -0.309 e. The molecule has 1 fully saturated rings. The van der Waals surface area contributed by atoms with Crippen molar-refractivity contribution in [1.29, 1.82) is 0 Å². The van der Waals surface area contributed by atoms with Gasteiger partial charge in [0, 0.05) is 12.6 Å². The lowest BCUT2D eigenvalue weighted by Crippen LogP contribution is -2.40. The van der Waals surface area contributed by atoms with E-state index >= 15 is 0 Å². The highest BCUT2D eigenvalue weighted by atomic mass is 35.5. The van der Waals surface area contributed by atoms with Gasteiger partial charge in [-0.3, -0.25) is 0 Å². The first-order chi connectivity index (χ1) is 7.57. The number of hydrogen-bond donors (Lipinski definition) is 1. The predicted octanol–water partition coefficient (Wildman–Crippen LogP) is 3.71. The van der Waals surface area contributed by atoms with Crippen LogP contribution < -0.4 is 5.32 Å². The van der Waals surface area contributed by atoms with Crippen LogP contribution in [0.3, 0.4) is 0 Å². The Kier molecular flexibility index (Phi) is 4.83. The van der Waals surface area contributed by atoms with Crippen molar-refractivity contribution in [2.45, 2.75) is 25.1 Å². The van der Waals surface area contributed by atoms with Gasteiger partial charge in [0.05, 0.1) is 5.92 Å². The summed E-state index contributed by atoms with van der Waals surface area (Å²) in [5.74, 6) is -1.19. The van der Waals surface area contributed by atoms with Crippen LogP contribution in [0.15, 0.2) is 30.3 Å². The second-order valence-corrected chi connectivity index (χ2v) is 4.19. The number of rotatable bonds is 1. The number of benzene rings is 1. The summed E-state index contributed by atoms with van der Waals surface area (Å²) in [6, 6.07) is 9.70. The van der Waals surface area contributed by atoms with Crippen LogP contribution in [0, 0.1) is 5.92 Å². The first-order valence-electron chi connectivity index (χ1n) is 5.42. The predicted molar refractivity (Wildman–Crippen MR) is 63.2 cm³/mol. The fraction of sp³-hybridized carbons (Fsp3) is 0.500. The number of nitrogens with one attached hydrogen (secondary N) is 1. The van der Waals surface area contributed by atoms with Crippen LogP contribution in [0.1, 0.15) is 24.4 Å². The maximum absolute atomic E-state index is 12.4. The van der Waals surface area contributed by atoms with E-state index in [-0.39, 0.29) is 31.4 Å². The molecule has 0 aromatic heterocycles. The molecule has 17 heavy (non-hydrogen) atoms. The summed E-state index contributed by atoms with van der Waals surface area (Å²) in [7, 11) is 0. The molecule has 0 radical (unpaired) electrons. The van der Waals surface area contributed by atoms with E-state index in [1.54, 1.807) is 0 Å². The zero-order valence-corrected chi connectivity index (χ0v) is 10.0. The number of hydrogen-bond acceptors (Lipinski definition) is 1. The van der Waals surface area contributed by atoms with E-state index in [4.69, 9.17) is 0 Å². The average molecular weight is 266 g/mol. The lowest BCUT2D eigenvalue weighted by Gasteiger charge is -2.31. The van der Waals surface area contributed by atoms with Gasteiger partial charge in [0.25, 0.3) is 0 Å². The third-order valence-corrected chi connectivity index (χ3v) is 3.08. The molecule has 2 atom stereocenters. The zero-order chi connectivity index (χ0) is 11.6. The second-order valence-electron chi connectivity index (χ2n) is 4.19. The van der Waals surface area contributed by atoms with Crippen LogP contribution in [0.2, 0.25) is 0 Å². The van der Waals surface area contributed by atoms with E-state index in [9.17, 15) is 13.2 Å². The van der Waals surface area contributed by atoms with Crippen molar-refractivity contribution in [3.05, 3.63) is 35.9 Å². The summed E-state index contributed by atoms with van der Waals surface area (Å²) in [6.45, 7) is 0.0308. The Bertz CT molecular complexity index is 331. The number of halogens is 4. The van der Waals surface area contributed by atoms with Crippen LogP contribution in [0.4, 0.5) is 13.2 Å². The molecular weight excluding hydrogens is 251 g/mol. The Morgan fingerprint density at radius 2 is 1.71 bits per heavy atom. The van der Waals surface area contributed by atoms with Gasteiger partial charge in [-0.1, -0.05) is 30.3 Å². The molecule has 1 nitrogen and oxygen atoms in total. The Labute approximate surface area is 105 Å². The van der Waals surface area contributed by atoms with Gasteiger partial charge in [-0.15, -0.1) is 12.4 Å². The quantitative estimate of drug-likeness (QED) is 0.816. The Morgan fingerprint density at radius 3 is 2.18 bits per heavy atom. The smallest absolute Gasteiger partial charge is 0.309 e. The first kappa shape index (κ1) is 14.3. The zero-order valence-electron chi connectivity index (χ0n) is 9.20. The van der Waals surface area contributed by atoms with Gasteiger partial charge >= 0.3 is 6.18 Å². The van der Waals surface area contributed by atoms with Gasteiger partial charge in [-0.2, -0.15) is 13.2 Å². The monoisotopic (exact) mass is 265 g/mol. The van der Waals surface area contributed by atoms with E-state index < -0.39 is 12.1 Å². The van der Waals surface area contributed by atoms with E-state index in [1.165, 1.54) is 0 Å². The average Bonchev–Trinajstić information content (AvgIpc) is 2.29. The van der Waals surface area contributed by atoms with E-state index in [0.717, 1.165) is 5.56 Å². The molecule has 5 heteroatoms. The van der Waals surface area contributed by atoms with Crippen LogP contribution in [0.25, 0.3) is 0 Å². The van der Waals surface area contributed by atoms with Gasteiger partial charge in [0.1, 0.15) is 0 Å². The maximum Gasteiger partial charge on any atom is 0.393 e. The normalized spacial score (nSPS) is 25.1. The molecule has 2 rings (SSSR count). The standard InChI is InChI=1S/C12H14F3N.ClH/c13-12(14,15)10-6-7-11(16-8-10)9-4-2-1-3-5-9;/h1-5,10-11,16H,6-8H2;1H/t10-,11+;/m1./s1. The van der Waals surface area contributed by atoms with E-state index in [1.807, 2.05) is 30.3 Å². The highest BCUT2D eigenvalue weighted by Gasteiger charge is 2.41. The molecule has 1 N–H and O–H groups in total. The van der Waals surface area contributed by atoms with Crippen molar-refractivity contribution >= 4 is 12.4 Å². The molecular formula is C12H15ClF3N. The lowest BCUT2D eigenvalue weighted by molar-refractivity contribution is -0.179. The topological polar surface area (TPSA) is 12.0 Å². The van der Waals surface area contributed by atoms with Crippen molar-refractivity contribution in [3.8, 4) is 0 Å². The first-order valence-corrected chi connectivity index (χ1v) is 5.42. The molecule has 1 heterocycles. The van der Waals surface area contributed by atoms with Crippen LogP contribution >= 0.6 is 12.4 Å². The van der Waals surface area contributed by atoms with Crippen LogP contribution in [0.5, 0.6) is 0 Å². The molecule has 0 aliphatic carbocycles. The SMILES string of the molecule is Cl.FC(F)(F)[C@@H]1CC[C@@H](c2ccccc2)NC1. The minimum absolute atomic E-state index is 0. The highest BCUT2D eigenvalue weighted by molar-refractivity contribution is 5.85. The number of piperidine rings is 1. The van der Waals surface area contributed by atoms with E-state index in [0.29, 0.717) is 6.42 Å². The molecule has 0 spiro atoms. The third kappa shape index (κ3) is 3.61. The molecule has 96 valence electrons. The highest BCUT2D eigenvalue weighted by Crippen LogP contribution is 2.35. The second kappa shape index (κ2) is 5.74. The Morgan fingerprint density at radius 1 is 1.06 bits per heavy atom. The largest absolute Gasteiger partial charge is 0.393 e.